The van der Waals surface area contributed by atoms with Crippen molar-refractivity contribution in [1.29, 1.82) is 0 Å². The highest BCUT2D eigenvalue weighted by Crippen LogP contribution is 2.09. The maximum atomic E-state index is 5.50. The van der Waals surface area contributed by atoms with E-state index in [9.17, 15) is 0 Å². The van der Waals surface area contributed by atoms with Gasteiger partial charge in [0.05, 0.1) is 6.61 Å². The van der Waals surface area contributed by atoms with Crippen molar-refractivity contribution in [3.63, 3.8) is 0 Å². The lowest BCUT2D eigenvalue weighted by Crippen LogP contribution is -2.08. The van der Waals surface area contributed by atoms with Crippen LogP contribution in [0, 0.1) is 5.92 Å². The van der Waals surface area contributed by atoms with Crippen molar-refractivity contribution in [2.75, 3.05) is 18.5 Å². The summed E-state index contributed by atoms with van der Waals surface area (Å²) >= 11 is 0. The SMILES string of the molecule is CCCNc1nccc(OCC(C)C)n1. The Bertz CT molecular complexity index is 289. The normalized spacial score (nSPS) is 10.4. The first-order chi connectivity index (χ1) is 7.22. The number of anilines is 1. The van der Waals surface area contributed by atoms with Crippen molar-refractivity contribution in [2.24, 2.45) is 5.92 Å². The van der Waals surface area contributed by atoms with E-state index in [0.717, 1.165) is 13.0 Å². The molecule has 1 aromatic rings. The van der Waals surface area contributed by atoms with Crippen LogP contribution >= 0.6 is 0 Å². The molecule has 0 aliphatic rings. The standard InChI is InChI=1S/C11H19N3O/c1-4-6-12-11-13-7-5-10(14-11)15-8-9(2)3/h5,7,9H,4,6,8H2,1-3H3,(H,12,13,14). The minimum absolute atomic E-state index is 0.506. The second-order valence-corrected chi connectivity index (χ2v) is 3.85. The highest BCUT2D eigenvalue weighted by molar-refractivity contribution is 5.27. The van der Waals surface area contributed by atoms with Gasteiger partial charge in [-0.2, -0.15) is 4.98 Å². The molecule has 0 fully saturated rings. The second-order valence-electron chi connectivity index (χ2n) is 3.85. The lowest BCUT2D eigenvalue weighted by atomic mass is 10.2. The quantitative estimate of drug-likeness (QED) is 0.781. The molecule has 84 valence electrons. The molecule has 0 spiro atoms. The zero-order chi connectivity index (χ0) is 11.1. The van der Waals surface area contributed by atoms with Crippen LogP contribution in [-0.2, 0) is 0 Å². The molecule has 0 saturated heterocycles. The minimum atomic E-state index is 0.506. The smallest absolute Gasteiger partial charge is 0.225 e. The molecule has 0 saturated carbocycles. The van der Waals surface area contributed by atoms with Gasteiger partial charge in [-0.05, 0) is 12.3 Å². The van der Waals surface area contributed by atoms with Crippen molar-refractivity contribution >= 4 is 5.95 Å². The Hall–Kier alpha value is -1.32. The van der Waals surface area contributed by atoms with E-state index < -0.39 is 0 Å². The Kier molecular flexibility index (Phi) is 4.87. The van der Waals surface area contributed by atoms with Gasteiger partial charge in [-0.25, -0.2) is 4.98 Å². The van der Waals surface area contributed by atoms with E-state index in [4.69, 9.17) is 4.74 Å². The molecule has 4 nitrogen and oxygen atoms in total. The van der Waals surface area contributed by atoms with Gasteiger partial charge in [0.2, 0.25) is 11.8 Å². The molecule has 1 N–H and O–H groups in total. The molecule has 15 heavy (non-hydrogen) atoms. The summed E-state index contributed by atoms with van der Waals surface area (Å²) in [5, 5.41) is 3.12. The number of aromatic nitrogens is 2. The van der Waals surface area contributed by atoms with Crippen molar-refractivity contribution in [2.45, 2.75) is 27.2 Å². The molecule has 0 radical (unpaired) electrons. The van der Waals surface area contributed by atoms with Gasteiger partial charge in [0.1, 0.15) is 0 Å². The van der Waals surface area contributed by atoms with Crippen molar-refractivity contribution in [3.05, 3.63) is 12.3 Å². The van der Waals surface area contributed by atoms with Gasteiger partial charge in [-0.1, -0.05) is 20.8 Å². The van der Waals surface area contributed by atoms with Gasteiger partial charge in [-0.15, -0.1) is 0 Å². The summed E-state index contributed by atoms with van der Waals surface area (Å²) in [5.41, 5.74) is 0. The number of ether oxygens (including phenoxy) is 1. The first-order valence-electron chi connectivity index (χ1n) is 5.42. The highest BCUT2D eigenvalue weighted by atomic mass is 16.5. The molecule has 0 aliphatic heterocycles. The van der Waals surface area contributed by atoms with Gasteiger partial charge in [0.15, 0.2) is 0 Å². The van der Waals surface area contributed by atoms with Gasteiger partial charge in [-0.3, -0.25) is 0 Å². The van der Waals surface area contributed by atoms with Crippen LogP contribution < -0.4 is 10.1 Å². The van der Waals surface area contributed by atoms with Crippen LogP contribution in [0.3, 0.4) is 0 Å². The van der Waals surface area contributed by atoms with Crippen molar-refractivity contribution in [1.82, 2.24) is 9.97 Å². The lowest BCUT2D eigenvalue weighted by molar-refractivity contribution is 0.261. The first kappa shape index (κ1) is 11.8. The molecule has 0 unspecified atom stereocenters. The molecule has 0 aliphatic carbocycles. The summed E-state index contributed by atoms with van der Waals surface area (Å²) in [5.74, 6) is 1.78. The first-order valence-corrected chi connectivity index (χ1v) is 5.42. The topological polar surface area (TPSA) is 47.0 Å². The molecular formula is C11H19N3O. The third-order valence-electron chi connectivity index (χ3n) is 1.73. The van der Waals surface area contributed by atoms with Gasteiger partial charge in [0, 0.05) is 18.8 Å². The fourth-order valence-electron chi connectivity index (χ4n) is 0.997. The number of nitrogens with one attached hydrogen (secondary N) is 1. The molecule has 1 rings (SSSR count). The number of hydrogen-bond acceptors (Lipinski definition) is 4. The van der Waals surface area contributed by atoms with Crippen LogP contribution in [0.5, 0.6) is 5.88 Å². The molecule has 1 aromatic heterocycles. The maximum Gasteiger partial charge on any atom is 0.225 e. The van der Waals surface area contributed by atoms with E-state index >= 15 is 0 Å². The van der Waals surface area contributed by atoms with Crippen LogP contribution in [-0.4, -0.2) is 23.1 Å². The van der Waals surface area contributed by atoms with Crippen LogP contribution in [0.1, 0.15) is 27.2 Å². The average Bonchev–Trinajstić information content (AvgIpc) is 2.24. The number of nitrogens with zero attached hydrogens (tertiary/aromatic N) is 2. The van der Waals surface area contributed by atoms with Crippen molar-refractivity contribution in [3.8, 4) is 5.88 Å². The average molecular weight is 209 g/mol. The van der Waals surface area contributed by atoms with E-state index in [0.29, 0.717) is 24.4 Å². The Morgan fingerprint density at radius 3 is 2.93 bits per heavy atom. The zero-order valence-electron chi connectivity index (χ0n) is 9.66. The third-order valence-corrected chi connectivity index (χ3v) is 1.73. The van der Waals surface area contributed by atoms with Crippen LogP contribution in [0.4, 0.5) is 5.95 Å². The zero-order valence-corrected chi connectivity index (χ0v) is 9.66. The molecule has 1 heterocycles. The largest absolute Gasteiger partial charge is 0.477 e. The Labute approximate surface area is 91.1 Å². The summed E-state index contributed by atoms with van der Waals surface area (Å²) in [6.07, 6.45) is 2.76. The number of hydrogen-bond donors (Lipinski definition) is 1. The maximum absolute atomic E-state index is 5.50. The molecule has 0 amide bonds. The lowest BCUT2D eigenvalue weighted by Gasteiger charge is -2.08. The van der Waals surface area contributed by atoms with E-state index in [1.165, 1.54) is 0 Å². The number of rotatable bonds is 6. The van der Waals surface area contributed by atoms with Crippen LogP contribution in [0.15, 0.2) is 12.3 Å². The monoisotopic (exact) mass is 209 g/mol. The fourth-order valence-corrected chi connectivity index (χ4v) is 0.997. The van der Waals surface area contributed by atoms with E-state index in [-0.39, 0.29) is 0 Å². The van der Waals surface area contributed by atoms with E-state index in [1.54, 1.807) is 12.3 Å². The molecular weight excluding hydrogens is 190 g/mol. The predicted molar refractivity (Wildman–Crippen MR) is 61.1 cm³/mol. The molecule has 4 heteroatoms. The summed E-state index contributed by atoms with van der Waals surface area (Å²) in [4.78, 5) is 8.34. The summed E-state index contributed by atoms with van der Waals surface area (Å²) in [6, 6.07) is 1.78. The third kappa shape index (κ3) is 4.63. The summed E-state index contributed by atoms with van der Waals surface area (Å²) < 4.78 is 5.50. The van der Waals surface area contributed by atoms with Gasteiger partial charge >= 0.3 is 0 Å². The van der Waals surface area contributed by atoms with E-state index in [1.807, 2.05) is 0 Å². The van der Waals surface area contributed by atoms with E-state index in [2.05, 4.69) is 36.1 Å². The van der Waals surface area contributed by atoms with Crippen LogP contribution in [0.25, 0.3) is 0 Å². The Morgan fingerprint density at radius 1 is 1.47 bits per heavy atom. The minimum Gasteiger partial charge on any atom is -0.477 e. The Balaban J connectivity index is 2.50. The molecule has 0 atom stereocenters. The van der Waals surface area contributed by atoms with Gasteiger partial charge < -0.3 is 10.1 Å². The molecule has 0 aromatic carbocycles. The van der Waals surface area contributed by atoms with Crippen molar-refractivity contribution < 1.29 is 4.74 Å². The van der Waals surface area contributed by atoms with Crippen LogP contribution in [0.2, 0.25) is 0 Å². The summed E-state index contributed by atoms with van der Waals surface area (Å²) in [7, 11) is 0. The summed E-state index contributed by atoms with van der Waals surface area (Å²) in [6.45, 7) is 7.89. The highest BCUT2D eigenvalue weighted by Gasteiger charge is 2.00. The second kappa shape index (κ2) is 6.22. The fraction of sp³-hybridized carbons (Fsp3) is 0.636. The Morgan fingerprint density at radius 2 is 2.27 bits per heavy atom. The van der Waals surface area contributed by atoms with Gasteiger partial charge in [0.25, 0.3) is 0 Å². The molecule has 0 bridgehead atoms. The predicted octanol–water partition coefficient (Wildman–Crippen LogP) is 2.33.